The zero-order valence-electron chi connectivity index (χ0n) is 41.1. The zero-order chi connectivity index (χ0) is 52.5. The lowest BCUT2D eigenvalue weighted by Gasteiger charge is -2.50. The van der Waals surface area contributed by atoms with Crippen molar-refractivity contribution in [3.63, 3.8) is 0 Å². The SMILES string of the molecule is O=C(OC(c1ccccc1)c1ccccc1)C1=C(CN2CCN(c3cc4c(cc3F)c(=O)c(C(=O)O)cn4C3CC3)CC2)CS[C@@H]2[C@H](NC(=O)C(C(=O)OC(c3ccccc3)c3ccccc3)c3ccccc3)C(=O)N12. The van der Waals surface area contributed by atoms with Gasteiger partial charge in [-0.2, -0.15) is 0 Å². The Morgan fingerprint density at radius 2 is 1.20 bits per heavy atom. The topological polar surface area (TPSA) is 168 Å². The number of fused-ring (bicyclic) bond motifs is 2. The van der Waals surface area contributed by atoms with E-state index in [0.717, 1.165) is 30.0 Å². The van der Waals surface area contributed by atoms with Crippen LogP contribution in [0.5, 0.6) is 0 Å². The second-order valence-corrected chi connectivity index (χ2v) is 20.4. The predicted molar refractivity (Wildman–Crippen MR) is 285 cm³/mol. The number of aromatic carboxylic acids is 1. The molecule has 0 radical (unpaired) electrons. The minimum absolute atomic E-state index is 0.0181. The molecule has 1 unspecified atom stereocenters. The Hall–Kier alpha value is -8.34. The summed E-state index contributed by atoms with van der Waals surface area (Å²) in [7, 11) is 0. The van der Waals surface area contributed by atoms with Crippen molar-refractivity contribution in [2.24, 2.45) is 0 Å². The molecule has 384 valence electrons. The first-order chi connectivity index (χ1) is 37.0. The molecule has 4 aliphatic rings. The maximum absolute atomic E-state index is 16.0. The Labute approximate surface area is 441 Å². The van der Waals surface area contributed by atoms with Crippen LogP contribution in [0.15, 0.2) is 186 Å². The fourth-order valence-corrected chi connectivity index (χ4v) is 11.7. The molecule has 14 nitrogen and oxygen atoms in total. The van der Waals surface area contributed by atoms with E-state index >= 15 is 4.39 Å². The van der Waals surface area contributed by atoms with Crippen molar-refractivity contribution < 1.29 is 42.9 Å². The van der Waals surface area contributed by atoms with Gasteiger partial charge in [0.2, 0.25) is 11.3 Å². The van der Waals surface area contributed by atoms with E-state index in [-0.39, 0.29) is 23.7 Å². The third-order valence-electron chi connectivity index (χ3n) is 14.4. The van der Waals surface area contributed by atoms with Crippen LogP contribution in [-0.2, 0) is 28.7 Å². The molecule has 1 aromatic heterocycles. The molecule has 0 bridgehead atoms. The van der Waals surface area contributed by atoms with Crippen LogP contribution in [0.4, 0.5) is 10.1 Å². The molecule has 11 rings (SSSR count). The normalized spacial score (nSPS) is 18.0. The number of esters is 2. The van der Waals surface area contributed by atoms with E-state index in [1.165, 1.54) is 22.9 Å². The zero-order valence-corrected chi connectivity index (χ0v) is 41.9. The number of hydrogen-bond donors (Lipinski definition) is 2. The molecule has 3 atom stereocenters. The Balaban J connectivity index is 0.863. The summed E-state index contributed by atoms with van der Waals surface area (Å²) < 4.78 is 30.5. The first-order valence-electron chi connectivity index (χ1n) is 25.2. The first kappa shape index (κ1) is 49.9. The van der Waals surface area contributed by atoms with Crippen molar-refractivity contribution in [3.05, 3.63) is 231 Å². The number of anilines is 1. The highest BCUT2D eigenvalue weighted by Gasteiger charge is 2.55. The van der Waals surface area contributed by atoms with Crippen molar-refractivity contribution in [2.75, 3.05) is 43.4 Å². The number of nitrogens with zero attached hydrogens (tertiary/aromatic N) is 4. The van der Waals surface area contributed by atoms with Gasteiger partial charge in [-0.05, 0) is 58.4 Å². The highest BCUT2D eigenvalue weighted by Crippen LogP contribution is 2.43. The Morgan fingerprint density at radius 3 is 1.71 bits per heavy atom. The summed E-state index contributed by atoms with van der Waals surface area (Å²) in [4.78, 5) is 89.3. The third kappa shape index (κ3) is 10.0. The summed E-state index contributed by atoms with van der Waals surface area (Å²) in [5.41, 5.74) is 3.60. The Bertz CT molecular complexity index is 3350. The number of carboxylic acid groups (broad SMARTS) is 1. The number of aromatic nitrogens is 1. The number of carbonyl (C=O) groups is 5. The van der Waals surface area contributed by atoms with Crippen molar-refractivity contribution in [1.29, 1.82) is 0 Å². The fraction of sp³-hybridized carbons (Fsp3) is 0.233. The number of amides is 2. The van der Waals surface area contributed by atoms with Gasteiger partial charge in [-0.1, -0.05) is 152 Å². The minimum Gasteiger partial charge on any atom is -0.477 e. The van der Waals surface area contributed by atoms with Crippen LogP contribution in [-0.4, -0.2) is 99.1 Å². The van der Waals surface area contributed by atoms with Gasteiger partial charge in [-0.25, -0.2) is 14.0 Å². The van der Waals surface area contributed by atoms with Gasteiger partial charge in [0.1, 0.15) is 28.5 Å². The largest absolute Gasteiger partial charge is 0.477 e. The monoisotopic (exact) mass is 1040 g/mol. The predicted octanol–water partition coefficient (Wildman–Crippen LogP) is 8.40. The van der Waals surface area contributed by atoms with Crippen molar-refractivity contribution in [2.45, 2.75) is 48.4 Å². The number of carboxylic acids is 1. The lowest BCUT2D eigenvalue weighted by Crippen LogP contribution is -2.71. The molecular weight excluding hydrogens is 986 g/mol. The van der Waals surface area contributed by atoms with Crippen LogP contribution in [0.3, 0.4) is 0 Å². The molecule has 7 aromatic rings. The molecule has 76 heavy (non-hydrogen) atoms. The number of carbonyl (C=O) groups excluding carboxylic acids is 4. The second kappa shape index (κ2) is 21.5. The van der Waals surface area contributed by atoms with Crippen molar-refractivity contribution in [3.8, 4) is 0 Å². The number of hydrogen-bond acceptors (Lipinski definition) is 11. The number of ether oxygens (including phenoxy) is 2. The molecule has 2 amide bonds. The quantitative estimate of drug-likeness (QED) is 0.0540. The van der Waals surface area contributed by atoms with Gasteiger partial charge in [0, 0.05) is 56.1 Å². The van der Waals surface area contributed by atoms with Crippen LogP contribution in [0.25, 0.3) is 10.9 Å². The first-order valence-corrected chi connectivity index (χ1v) is 26.3. The Kier molecular flexibility index (Phi) is 14.1. The van der Waals surface area contributed by atoms with Crippen LogP contribution >= 0.6 is 11.8 Å². The molecule has 1 saturated carbocycles. The molecule has 4 heterocycles. The standard InChI is InChI=1S/C60H52FN5O9S/c61-46-32-44-47(65(43-26-27-43)35-45(52(44)67)58(70)71)33-48(46)64-30-28-63(29-31-64)34-42-36-76-57-50(56(69)66(57)51(42)60(73)75-54(40-22-12-4-13-23-40)41-24-14-5-15-25-41)62-55(68)49(37-16-6-1-7-17-37)59(72)74-53(38-18-8-2-9-19-38)39-20-10-3-11-21-39/h1-25,32-33,35,43,49-50,53-54,57H,26-31,34,36H2,(H,62,68)(H,70,71)/t49?,50-,57-/m1/s1. The summed E-state index contributed by atoms with van der Waals surface area (Å²) in [6.45, 7) is 1.93. The number of β-lactam (4-membered cyclic amide) rings is 1. The average molecular weight is 1040 g/mol. The average Bonchev–Trinajstić information content (AvgIpc) is 4.34. The van der Waals surface area contributed by atoms with Gasteiger partial charge < -0.3 is 29.4 Å². The van der Waals surface area contributed by atoms with Crippen LogP contribution < -0.4 is 15.6 Å². The highest BCUT2D eigenvalue weighted by atomic mass is 32.2. The van der Waals surface area contributed by atoms with E-state index in [9.17, 15) is 33.9 Å². The van der Waals surface area contributed by atoms with Crippen LogP contribution in [0.2, 0.25) is 0 Å². The van der Waals surface area contributed by atoms with Gasteiger partial charge >= 0.3 is 17.9 Å². The summed E-state index contributed by atoms with van der Waals surface area (Å²) >= 11 is 1.39. The molecule has 2 saturated heterocycles. The minimum atomic E-state index is -1.45. The summed E-state index contributed by atoms with van der Waals surface area (Å²) in [6, 6.07) is 47.4. The molecular formula is C60H52FN5O9S. The third-order valence-corrected chi connectivity index (χ3v) is 15.8. The van der Waals surface area contributed by atoms with Gasteiger partial charge in [-0.3, -0.25) is 29.0 Å². The summed E-state index contributed by atoms with van der Waals surface area (Å²) in [5.74, 6) is -5.96. The van der Waals surface area contributed by atoms with Gasteiger partial charge in [0.25, 0.3) is 5.91 Å². The lowest BCUT2D eigenvalue weighted by molar-refractivity contribution is -0.156. The molecule has 0 spiro atoms. The number of thioether (sulfide) groups is 1. The van der Waals surface area contributed by atoms with Crippen molar-refractivity contribution >= 4 is 58.1 Å². The van der Waals surface area contributed by atoms with E-state index < -0.39 is 76.1 Å². The molecule has 16 heteroatoms. The van der Waals surface area contributed by atoms with E-state index in [1.54, 1.807) is 41.0 Å². The van der Waals surface area contributed by atoms with E-state index in [2.05, 4.69) is 10.2 Å². The van der Waals surface area contributed by atoms with Crippen LogP contribution in [0, 0.1) is 5.82 Å². The molecule has 3 fully saturated rings. The summed E-state index contributed by atoms with van der Waals surface area (Å²) in [5, 5.41) is 11.9. The maximum atomic E-state index is 16.0. The number of nitrogens with one attached hydrogen (secondary N) is 1. The molecule has 6 aromatic carbocycles. The number of piperazine rings is 1. The molecule has 3 aliphatic heterocycles. The van der Waals surface area contributed by atoms with Crippen molar-refractivity contribution in [1.82, 2.24) is 19.7 Å². The second-order valence-electron chi connectivity index (χ2n) is 19.3. The van der Waals surface area contributed by atoms with Gasteiger partial charge in [0.05, 0.1) is 11.2 Å². The van der Waals surface area contributed by atoms with Crippen LogP contribution in [0.1, 0.15) is 75.2 Å². The smallest absolute Gasteiger partial charge is 0.356 e. The molecule has 1 aliphatic carbocycles. The molecule has 2 N–H and O–H groups in total. The highest BCUT2D eigenvalue weighted by molar-refractivity contribution is 8.00. The lowest BCUT2D eigenvalue weighted by atomic mass is 9.95. The number of pyridine rings is 1. The van der Waals surface area contributed by atoms with E-state index in [4.69, 9.17) is 9.47 Å². The maximum Gasteiger partial charge on any atom is 0.356 e. The van der Waals surface area contributed by atoms with E-state index in [1.807, 2.05) is 126 Å². The van der Waals surface area contributed by atoms with Gasteiger partial charge in [0.15, 0.2) is 18.1 Å². The van der Waals surface area contributed by atoms with Gasteiger partial charge in [-0.15, -0.1) is 11.8 Å². The van der Waals surface area contributed by atoms with E-state index in [0.29, 0.717) is 65.4 Å². The number of halogens is 1. The fourth-order valence-electron chi connectivity index (χ4n) is 10.4. The number of rotatable bonds is 16. The Morgan fingerprint density at radius 1 is 0.684 bits per heavy atom. The summed E-state index contributed by atoms with van der Waals surface area (Å²) in [6.07, 6.45) is 1.34. The number of benzene rings is 6.